The third-order valence-electron chi connectivity index (χ3n) is 1.57. The van der Waals surface area contributed by atoms with E-state index in [1.165, 1.54) is 6.07 Å². The van der Waals surface area contributed by atoms with Crippen LogP contribution < -0.4 is 5.73 Å². The highest BCUT2D eigenvalue weighted by Gasteiger charge is 2.01. The maximum atomic E-state index is 12.8. The Bertz CT molecular complexity index is 387. The Labute approximate surface area is 68.1 Å². The number of hydrogen-bond acceptors (Lipinski definition) is 3. The highest BCUT2D eigenvalue weighted by Crippen LogP contribution is 2.13. The Morgan fingerprint density at radius 1 is 1.33 bits per heavy atom. The van der Waals surface area contributed by atoms with E-state index in [4.69, 9.17) is 5.73 Å². The van der Waals surface area contributed by atoms with Gasteiger partial charge in [-0.1, -0.05) is 0 Å². The van der Waals surface area contributed by atoms with E-state index in [0.717, 1.165) is 0 Å². The monoisotopic (exact) mass is 163 g/mol. The number of aromatic nitrogens is 2. The van der Waals surface area contributed by atoms with E-state index in [1.807, 2.05) is 0 Å². The quantitative estimate of drug-likeness (QED) is 0.637. The van der Waals surface area contributed by atoms with Crippen LogP contribution in [0.4, 0.5) is 10.2 Å². The molecule has 0 radical (unpaired) electrons. The summed E-state index contributed by atoms with van der Waals surface area (Å²) < 4.78 is 12.8. The van der Waals surface area contributed by atoms with Gasteiger partial charge < -0.3 is 5.73 Å². The van der Waals surface area contributed by atoms with E-state index in [1.54, 1.807) is 18.3 Å². The first-order valence-electron chi connectivity index (χ1n) is 3.44. The Hall–Kier alpha value is -1.71. The topological polar surface area (TPSA) is 51.8 Å². The number of halogens is 1. The fourth-order valence-electron chi connectivity index (χ4n) is 0.992. The van der Waals surface area contributed by atoms with Crippen LogP contribution in [0.25, 0.3) is 11.0 Å². The average Bonchev–Trinajstić information content (AvgIpc) is 2.07. The number of nitrogen functional groups attached to an aromatic ring is 1. The van der Waals surface area contributed by atoms with Gasteiger partial charge in [0.25, 0.3) is 0 Å². The summed E-state index contributed by atoms with van der Waals surface area (Å²) in [6.07, 6.45) is 1.58. The Morgan fingerprint density at radius 3 is 3.00 bits per heavy atom. The van der Waals surface area contributed by atoms with Crippen LogP contribution in [0.3, 0.4) is 0 Å². The third kappa shape index (κ3) is 0.972. The van der Waals surface area contributed by atoms with Gasteiger partial charge >= 0.3 is 0 Å². The molecule has 2 aromatic heterocycles. The molecule has 0 saturated heterocycles. The highest BCUT2D eigenvalue weighted by atomic mass is 19.1. The molecule has 2 heterocycles. The normalized spacial score (nSPS) is 10.4. The van der Waals surface area contributed by atoms with E-state index in [9.17, 15) is 4.39 Å². The van der Waals surface area contributed by atoms with E-state index >= 15 is 0 Å². The zero-order chi connectivity index (χ0) is 8.55. The van der Waals surface area contributed by atoms with Crippen molar-refractivity contribution in [3.8, 4) is 0 Å². The lowest BCUT2D eigenvalue weighted by Crippen LogP contribution is -1.95. The molecular formula is C8H6FN3. The number of pyridine rings is 2. The van der Waals surface area contributed by atoms with E-state index < -0.39 is 5.82 Å². The first kappa shape index (κ1) is 6.97. The van der Waals surface area contributed by atoms with Crippen molar-refractivity contribution in [1.82, 2.24) is 9.97 Å². The van der Waals surface area contributed by atoms with Gasteiger partial charge in [-0.25, -0.2) is 9.37 Å². The van der Waals surface area contributed by atoms with Gasteiger partial charge in [-0.15, -0.1) is 0 Å². The SMILES string of the molecule is Nc1nc2cccnc2cc1F. The molecule has 0 aliphatic heterocycles. The molecule has 2 rings (SSSR count). The van der Waals surface area contributed by atoms with Crippen LogP contribution in [0, 0.1) is 5.82 Å². The van der Waals surface area contributed by atoms with Crippen LogP contribution in [0.15, 0.2) is 24.4 Å². The third-order valence-corrected chi connectivity index (χ3v) is 1.57. The highest BCUT2D eigenvalue weighted by molar-refractivity contribution is 5.75. The summed E-state index contributed by atoms with van der Waals surface area (Å²) in [5.74, 6) is -0.614. The van der Waals surface area contributed by atoms with Crippen LogP contribution in [0.1, 0.15) is 0 Å². The van der Waals surface area contributed by atoms with E-state index in [2.05, 4.69) is 9.97 Å². The summed E-state index contributed by atoms with van der Waals surface area (Å²) in [5, 5.41) is 0. The molecule has 0 aliphatic rings. The van der Waals surface area contributed by atoms with Crippen LogP contribution in [-0.4, -0.2) is 9.97 Å². The minimum Gasteiger partial charge on any atom is -0.381 e. The number of nitrogens with two attached hydrogens (primary N) is 1. The maximum Gasteiger partial charge on any atom is 0.167 e. The molecule has 0 aromatic carbocycles. The standard InChI is InChI=1S/C8H6FN3/c9-5-4-7-6(12-8(5)10)2-1-3-11-7/h1-4H,(H2,10,12). The molecule has 0 amide bonds. The molecule has 0 aliphatic carbocycles. The van der Waals surface area contributed by atoms with Crippen LogP contribution >= 0.6 is 0 Å². The van der Waals surface area contributed by atoms with Gasteiger partial charge in [0, 0.05) is 12.3 Å². The zero-order valence-corrected chi connectivity index (χ0v) is 6.16. The summed E-state index contributed by atoms with van der Waals surface area (Å²) in [4.78, 5) is 7.74. The Morgan fingerprint density at radius 2 is 2.17 bits per heavy atom. The fourth-order valence-corrected chi connectivity index (χ4v) is 0.992. The Balaban J connectivity index is 2.84. The largest absolute Gasteiger partial charge is 0.381 e. The van der Waals surface area contributed by atoms with Gasteiger partial charge in [-0.2, -0.15) is 0 Å². The van der Waals surface area contributed by atoms with Crippen molar-refractivity contribution in [2.45, 2.75) is 0 Å². The summed E-state index contributed by atoms with van der Waals surface area (Å²) in [6.45, 7) is 0. The van der Waals surface area contributed by atoms with Gasteiger partial charge in [-0.3, -0.25) is 4.98 Å². The number of anilines is 1. The minimum absolute atomic E-state index is 0.0875. The number of nitrogens with zero attached hydrogens (tertiary/aromatic N) is 2. The lowest BCUT2D eigenvalue weighted by molar-refractivity contribution is 0.629. The molecule has 0 spiro atoms. The van der Waals surface area contributed by atoms with Crippen molar-refractivity contribution in [2.24, 2.45) is 0 Å². The molecule has 0 atom stereocenters. The average molecular weight is 163 g/mol. The second kappa shape index (κ2) is 2.41. The van der Waals surface area contributed by atoms with Gasteiger partial charge in [0.15, 0.2) is 11.6 Å². The zero-order valence-electron chi connectivity index (χ0n) is 6.16. The van der Waals surface area contributed by atoms with Crippen molar-refractivity contribution in [2.75, 3.05) is 5.73 Å². The van der Waals surface area contributed by atoms with Crippen LogP contribution in [-0.2, 0) is 0 Å². The lowest BCUT2D eigenvalue weighted by Gasteiger charge is -1.97. The lowest BCUT2D eigenvalue weighted by atomic mass is 10.3. The molecule has 2 aromatic rings. The second-order valence-corrected chi connectivity index (χ2v) is 2.40. The molecule has 12 heavy (non-hydrogen) atoms. The molecular weight excluding hydrogens is 157 g/mol. The van der Waals surface area contributed by atoms with E-state index in [-0.39, 0.29) is 5.82 Å². The summed E-state index contributed by atoms with van der Waals surface area (Å²) in [6, 6.07) is 4.74. The molecule has 0 fully saturated rings. The first-order valence-corrected chi connectivity index (χ1v) is 3.44. The molecule has 0 bridgehead atoms. The predicted octanol–water partition coefficient (Wildman–Crippen LogP) is 1.35. The molecule has 3 nitrogen and oxygen atoms in total. The molecule has 2 N–H and O–H groups in total. The van der Waals surface area contributed by atoms with Gasteiger partial charge in [-0.05, 0) is 12.1 Å². The summed E-state index contributed by atoms with van der Waals surface area (Å²) in [7, 11) is 0. The van der Waals surface area contributed by atoms with Crippen molar-refractivity contribution >= 4 is 16.9 Å². The number of rotatable bonds is 0. The molecule has 4 heteroatoms. The minimum atomic E-state index is -0.527. The number of fused-ring (bicyclic) bond motifs is 1. The fraction of sp³-hybridized carbons (Fsp3) is 0. The van der Waals surface area contributed by atoms with Crippen LogP contribution in [0.2, 0.25) is 0 Å². The van der Waals surface area contributed by atoms with Gasteiger partial charge in [0.05, 0.1) is 11.0 Å². The Kier molecular flexibility index (Phi) is 1.40. The molecule has 0 unspecified atom stereocenters. The molecule has 0 saturated carbocycles. The van der Waals surface area contributed by atoms with Crippen molar-refractivity contribution in [3.63, 3.8) is 0 Å². The van der Waals surface area contributed by atoms with Crippen molar-refractivity contribution < 1.29 is 4.39 Å². The summed E-state index contributed by atoms with van der Waals surface area (Å²) >= 11 is 0. The van der Waals surface area contributed by atoms with Gasteiger partial charge in [0.2, 0.25) is 0 Å². The van der Waals surface area contributed by atoms with E-state index in [0.29, 0.717) is 11.0 Å². The summed E-state index contributed by atoms with van der Waals surface area (Å²) in [5.41, 5.74) is 6.40. The molecule has 60 valence electrons. The van der Waals surface area contributed by atoms with Gasteiger partial charge in [0.1, 0.15) is 0 Å². The predicted molar refractivity (Wildman–Crippen MR) is 43.9 cm³/mol. The van der Waals surface area contributed by atoms with Crippen molar-refractivity contribution in [1.29, 1.82) is 0 Å². The second-order valence-electron chi connectivity index (χ2n) is 2.40. The van der Waals surface area contributed by atoms with Crippen molar-refractivity contribution in [3.05, 3.63) is 30.2 Å². The number of hydrogen-bond donors (Lipinski definition) is 1. The smallest absolute Gasteiger partial charge is 0.167 e. The maximum absolute atomic E-state index is 12.8. The van der Waals surface area contributed by atoms with Crippen LogP contribution in [0.5, 0.6) is 0 Å². The first-order chi connectivity index (χ1) is 5.77.